The third-order valence-electron chi connectivity index (χ3n) is 2.41. The molecular formula is C14H12FNO2S2. The Balaban J connectivity index is 1.83. The van der Waals surface area contributed by atoms with E-state index in [2.05, 4.69) is 4.98 Å². The van der Waals surface area contributed by atoms with Crippen LogP contribution in [0.4, 0.5) is 4.39 Å². The fourth-order valence-electron chi connectivity index (χ4n) is 1.48. The van der Waals surface area contributed by atoms with Crippen molar-refractivity contribution in [2.45, 2.75) is 9.92 Å². The molecule has 2 rings (SSSR count). The van der Waals surface area contributed by atoms with Gasteiger partial charge in [-0.3, -0.25) is 0 Å². The number of hydrogen-bond acceptors (Lipinski definition) is 4. The molecule has 0 amide bonds. The minimum absolute atomic E-state index is 0.214. The summed E-state index contributed by atoms with van der Waals surface area (Å²) < 4.78 is 13.4. The molecule has 3 nitrogen and oxygen atoms in total. The molecule has 1 aromatic carbocycles. The van der Waals surface area contributed by atoms with Crippen molar-refractivity contribution in [1.82, 2.24) is 4.98 Å². The minimum atomic E-state index is -0.963. The summed E-state index contributed by atoms with van der Waals surface area (Å²) in [6.45, 7) is 0. The van der Waals surface area contributed by atoms with E-state index in [4.69, 9.17) is 5.11 Å². The second-order valence-electron chi connectivity index (χ2n) is 3.82. The smallest absolute Gasteiger partial charge is 0.335 e. The minimum Gasteiger partial charge on any atom is -0.478 e. The summed E-state index contributed by atoms with van der Waals surface area (Å²) in [5, 5.41) is 9.54. The van der Waals surface area contributed by atoms with E-state index in [1.54, 1.807) is 24.3 Å². The quantitative estimate of drug-likeness (QED) is 0.649. The monoisotopic (exact) mass is 309 g/mol. The number of halogens is 1. The molecule has 0 aliphatic heterocycles. The molecule has 104 valence electrons. The summed E-state index contributed by atoms with van der Waals surface area (Å²) in [6, 6.07) is 9.65. The number of nitrogens with zero attached hydrogens (tertiary/aromatic N) is 1. The molecule has 0 atom stereocenters. The predicted molar refractivity (Wildman–Crippen MR) is 79.0 cm³/mol. The molecule has 0 fully saturated rings. The van der Waals surface area contributed by atoms with Crippen LogP contribution in [0.1, 0.15) is 10.4 Å². The third-order valence-corrected chi connectivity index (χ3v) is 4.65. The molecule has 0 saturated heterocycles. The number of carboxylic acid groups (broad SMARTS) is 1. The van der Waals surface area contributed by atoms with Gasteiger partial charge in [0.05, 0.1) is 10.6 Å². The Bertz CT molecular complexity index is 607. The Hall–Kier alpha value is -1.53. The highest BCUT2D eigenvalue weighted by molar-refractivity contribution is 8.02. The highest BCUT2D eigenvalue weighted by Gasteiger charge is 2.05. The van der Waals surface area contributed by atoms with Crippen LogP contribution in [-0.2, 0) is 0 Å². The Labute approximate surface area is 124 Å². The zero-order valence-electron chi connectivity index (χ0n) is 10.5. The van der Waals surface area contributed by atoms with E-state index >= 15 is 0 Å². The number of aromatic nitrogens is 1. The summed E-state index contributed by atoms with van der Waals surface area (Å²) in [4.78, 5) is 15.5. The molecule has 0 unspecified atom stereocenters. The van der Waals surface area contributed by atoms with Gasteiger partial charge in [-0.15, -0.1) is 23.5 Å². The lowest BCUT2D eigenvalue weighted by Gasteiger charge is -2.03. The topological polar surface area (TPSA) is 50.2 Å². The van der Waals surface area contributed by atoms with E-state index in [-0.39, 0.29) is 11.4 Å². The fraction of sp³-hybridized carbons (Fsp3) is 0.143. The molecule has 1 aromatic heterocycles. The first-order chi connectivity index (χ1) is 9.66. The normalized spacial score (nSPS) is 10.4. The number of hydrogen-bond donors (Lipinski definition) is 1. The van der Waals surface area contributed by atoms with Crippen molar-refractivity contribution in [3.05, 3.63) is 54.0 Å². The first-order valence-electron chi connectivity index (χ1n) is 5.86. The van der Waals surface area contributed by atoms with Crippen LogP contribution in [0.2, 0.25) is 0 Å². The first-order valence-corrected chi connectivity index (χ1v) is 7.83. The van der Waals surface area contributed by atoms with Gasteiger partial charge in [-0.2, -0.15) is 0 Å². The van der Waals surface area contributed by atoms with Crippen LogP contribution < -0.4 is 0 Å². The Morgan fingerprint density at radius 3 is 2.70 bits per heavy atom. The van der Waals surface area contributed by atoms with Crippen molar-refractivity contribution in [2.24, 2.45) is 0 Å². The standard InChI is InChI=1S/C14H12FNO2S2/c15-11-3-1-2-4-12(11)19-7-8-20-13-9-10(14(17)18)5-6-16-13/h1-6,9H,7-8H2,(H,17,18). The lowest BCUT2D eigenvalue weighted by molar-refractivity contribution is 0.0696. The van der Waals surface area contributed by atoms with Crippen molar-refractivity contribution in [1.29, 1.82) is 0 Å². The molecular weight excluding hydrogens is 297 g/mol. The van der Waals surface area contributed by atoms with Crippen LogP contribution in [0.25, 0.3) is 0 Å². The number of benzene rings is 1. The summed E-state index contributed by atoms with van der Waals surface area (Å²) in [5.74, 6) is 0.281. The van der Waals surface area contributed by atoms with Gasteiger partial charge in [0.2, 0.25) is 0 Å². The molecule has 0 aliphatic rings. The second-order valence-corrected chi connectivity index (χ2v) is 6.07. The van der Waals surface area contributed by atoms with Gasteiger partial charge < -0.3 is 5.11 Å². The summed E-state index contributed by atoms with van der Waals surface area (Å²) in [7, 11) is 0. The average molecular weight is 309 g/mol. The number of carboxylic acids is 1. The van der Waals surface area contributed by atoms with E-state index in [0.29, 0.717) is 9.92 Å². The second kappa shape index (κ2) is 7.31. The van der Waals surface area contributed by atoms with Crippen LogP contribution in [0.3, 0.4) is 0 Å². The maximum absolute atomic E-state index is 13.4. The maximum Gasteiger partial charge on any atom is 0.335 e. The number of aromatic carboxylic acids is 1. The van der Waals surface area contributed by atoms with E-state index < -0.39 is 5.97 Å². The highest BCUT2D eigenvalue weighted by atomic mass is 32.2. The van der Waals surface area contributed by atoms with Gasteiger partial charge in [-0.1, -0.05) is 12.1 Å². The molecule has 0 aliphatic carbocycles. The van der Waals surface area contributed by atoms with E-state index in [0.717, 1.165) is 11.5 Å². The van der Waals surface area contributed by atoms with Gasteiger partial charge in [0.25, 0.3) is 0 Å². The van der Waals surface area contributed by atoms with E-state index in [9.17, 15) is 9.18 Å². The van der Waals surface area contributed by atoms with Crippen molar-refractivity contribution < 1.29 is 14.3 Å². The van der Waals surface area contributed by atoms with Crippen molar-refractivity contribution >= 4 is 29.5 Å². The lowest BCUT2D eigenvalue weighted by Crippen LogP contribution is -1.97. The molecule has 0 bridgehead atoms. The summed E-state index contributed by atoms with van der Waals surface area (Å²) >= 11 is 2.90. The molecule has 0 saturated carbocycles. The number of thioether (sulfide) groups is 2. The number of rotatable bonds is 6. The van der Waals surface area contributed by atoms with Crippen LogP contribution in [-0.4, -0.2) is 27.6 Å². The molecule has 6 heteroatoms. The molecule has 0 spiro atoms. The molecule has 1 N–H and O–H groups in total. The fourth-order valence-corrected chi connectivity index (χ4v) is 3.30. The number of pyridine rings is 1. The molecule has 20 heavy (non-hydrogen) atoms. The summed E-state index contributed by atoms with van der Waals surface area (Å²) in [5.41, 5.74) is 0.226. The van der Waals surface area contributed by atoms with Crippen LogP contribution >= 0.6 is 23.5 Å². The van der Waals surface area contributed by atoms with Crippen LogP contribution in [0, 0.1) is 5.82 Å². The molecule has 2 aromatic rings. The zero-order chi connectivity index (χ0) is 14.4. The van der Waals surface area contributed by atoms with Gasteiger partial charge >= 0.3 is 5.97 Å². The average Bonchev–Trinajstić information content (AvgIpc) is 2.45. The maximum atomic E-state index is 13.4. The van der Waals surface area contributed by atoms with Gasteiger partial charge in [0.1, 0.15) is 5.82 Å². The van der Waals surface area contributed by atoms with Crippen molar-refractivity contribution in [3.63, 3.8) is 0 Å². The Morgan fingerprint density at radius 1 is 1.20 bits per heavy atom. The van der Waals surface area contributed by atoms with Gasteiger partial charge in [0, 0.05) is 22.6 Å². The third kappa shape index (κ3) is 4.25. The number of carbonyl (C=O) groups is 1. The van der Waals surface area contributed by atoms with E-state index in [1.807, 2.05) is 0 Å². The van der Waals surface area contributed by atoms with Crippen molar-refractivity contribution in [3.8, 4) is 0 Å². The Kier molecular flexibility index (Phi) is 5.43. The van der Waals surface area contributed by atoms with Gasteiger partial charge in [0.15, 0.2) is 0 Å². The predicted octanol–water partition coefficient (Wildman–Crippen LogP) is 3.80. The Morgan fingerprint density at radius 2 is 1.95 bits per heavy atom. The first kappa shape index (κ1) is 14.9. The van der Waals surface area contributed by atoms with Gasteiger partial charge in [-0.25, -0.2) is 14.2 Å². The zero-order valence-corrected chi connectivity index (χ0v) is 12.1. The van der Waals surface area contributed by atoms with Gasteiger partial charge in [-0.05, 0) is 24.3 Å². The van der Waals surface area contributed by atoms with Crippen molar-refractivity contribution in [2.75, 3.05) is 11.5 Å². The van der Waals surface area contributed by atoms with Crippen LogP contribution in [0.5, 0.6) is 0 Å². The SMILES string of the molecule is O=C(O)c1ccnc(SCCSc2ccccc2F)c1. The highest BCUT2D eigenvalue weighted by Crippen LogP contribution is 2.24. The molecule has 1 heterocycles. The molecule has 0 radical (unpaired) electrons. The lowest BCUT2D eigenvalue weighted by atomic mass is 10.3. The largest absolute Gasteiger partial charge is 0.478 e. The summed E-state index contributed by atoms with van der Waals surface area (Å²) in [6.07, 6.45) is 1.48. The van der Waals surface area contributed by atoms with E-state index in [1.165, 1.54) is 41.9 Å². The van der Waals surface area contributed by atoms with Crippen LogP contribution in [0.15, 0.2) is 52.5 Å².